The predicted molar refractivity (Wildman–Crippen MR) is 87.4 cm³/mol. The van der Waals surface area contributed by atoms with Crippen molar-refractivity contribution in [2.45, 2.75) is 17.9 Å². The standard InChI is InChI=1S/C16H16ClNO3S/c1-20-14-7-12(9-18-10-14)11-21-16(19)5-6-22-15-4-2-3-13(17)8-15/h2-4,7-10H,5-6,11H2,1H3. The van der Waals surface area contributed by atoms with E-state index in [9.17, 15) is 4.79 Å². The third-order valence-corrected chi connectivity index (χ3v) is 4.01. The molecule has 2 rings (SSSR count). The molecule has 1 aromatic heterocycles. The minimum Gasteiger partial charge on any atom is -0.495 e. The van der Waals surface area contributed by atoms with E-state index in [1.54, 1.807) is 37.3 Å². The summed E-state index contributed by atoms with van der Waals surface area (Å²) in [6.45, 7) is 0.199. The number of ether oxygens (including phenoxy) is 2. The summed E-state index contributed by atoms with van der Waals surface area (Å²) in [5.41, 5.74) is 0.801. The number of aromatic nitrogens is 1. The fourth-order valence-electron chi connectivity index (χ4n) is 1.70. The van der Waals surface area contributed by atoms with Gasteiger partial charge in [0.15, 0.2) is 0 Å². The Kier molecular flexibility index (Phi) is 6.55. The Bertz CT molecular complexity index is 636. The molecular formula is C16H16ClNO3S. The molecule has 0 N–H and O–H groups in total. The number of benzene rings is 1. The Morgan fingerprint density at radius 3 is 2.95 bits per heavy atom. The van der Waals surface area contributed by atoms with Crippen LogP contribution in [0.25, 0.3) is 0 Å². The highest BCUT2D eigenvalue weighted by Gasteiger charge is 2.05. The van der Waals surface area contributed by atoms with Gasteiger partial charge in [-0.15, -0.1) is 11.8 Å². The van der Waals surface area contributed by atoms with E-state index >= 15 is 0 Å². The van der Waals surface area contributed by atoms with Crippen LogP contribution in [0.3, 0.4) is 0 Å². The molecule has 116 valence electrons. The molecule has 0 bridgehead atoms. The molecule has 0 fully saturated rings. The number of hydrogen-bond donors (Lipinski definition) is 0. The summed E-state index contributed by atoms with van der Waals surface area (Å²) < 4.78 is 10.3. The number of halogens is 1. The van der Waals surface area contributed by atoms with Gasteiger partial charge < -0.3 is 9.47 Å². The minimum atomic E-state index is -0.239. The summed E-state index contributed by atoms with van der Waals surface area (Å²) in [6, 6.07) is 9.34. The lowest BCUT2D eigenvalue weighted by Crippen LogP contribution is -2.05. The molecule has 0 aliphatic carbocycles. The molecule has 0 unspecified atom stereocenters. The maximum absolute atomic E-state index is 11.7. The van der Waals surface area contributed by atoms with Gasteiger partial charge in [0.2, 0.25) is 0 Å². The van der Waals surface area contributed by atoms with Gasteiger partial charge in [0, 0.05) is 27.4 Å². The van der Waals surface area contributed by atoms with Gasteiger partial charge in [0.25, 0.3) is 0 Å². The highest BCUT2D eigenvalue weighted by atomic mass is 35.5. The van der Waals surface area contributed by atoms with Crippen molar-refractivity contribution in [3.63, 3.8) is 0 Å². The minimum absolute atomic E-state index is 0.199. The summed E-state index contributed by atoms with van der Waals surface area (Å²) in [7, 11) is 1.57. The number of esters is 1. The lowest BCUT2D eigenvalue weighted by atomic mass is 10.3. The summed E-state index contributed by atoms with van der Waals surface area (Å²) in [5.74, 6) is 1.05. The zero-order chi connectivity index (χ0) is 15.8. The van der Waals surface area contributed by atoms with E-state index in [-0.39, 0.29) is 12.6 Å². The first-order chi connectivity index (χ1) is 10.7. The monoisotopic (exact) mass is 337 g/mol. The van der Waals surface area contributed by atoms with E-state index in [1.165, 1.54) is 0 Å². The van der Waals surface area contributed by atoms with Gasteiger partial charge in [-0.3, -0.25) is 9.78 Å². The fraction of sp³-hybridized carbons (Fsp3) is 0.250. The Hall–Kier alpha value is -1.72. The number of carbonyl (C=O) groups excluding carboxylic acids is 1. The number of carbonyl (C=O) groups is 1. The molecule has 0 saturated heterocycles. The zero-order valence-electron chi connectivity index (χ0n) is 12.1. The number of rotatable bonds is 7. The van der Waals surface area contributed by atoms with E-state index in [0.717, 1.165) is 10.5 Å². The van der Waals surface area contributed by atoms with Crippen LogP contribution in [0.2, 0.25) is 5.02 Å². The molecule has 0 spiro atoms. The van der Waals surface area contributed by atoms with Crippen molar-refractivity contribution in [3.05, 3.63) is 53.3 Å². The Labute approximate surface area is 138 Å². The third kappa shape index (κ3) is 5.58. The van der Waals surface area contributed by atoms with Crippen LogP contribution in [0.5, 0.6) is 5.75 Å². The van der Waals surface area contributed by atoms with E-state index in [0.29, 0.717) is 22.9 Å². The Balaban J connectivity index is 1.71. The summed E-state index contributed by atoms with van der Waals surface area (Å²) >= 11 is 7.48. The first kappa shape index (κ1) is 16.6. The molecule has 0 aliphatic heterocycles. The van der Waals surface area contributed by atoms with Crippen LogP contribution in [0, 0.1) is 0 Å². The first-order valence-corrected chi connectivity index (χ1v) is 8.05. The maximum Gasteiger partial charge on any atom is 0.306 e. The first-order valence-electron chi connectivity index (χ1n) is 6.69. The van der Waals surface area contributed by atoms with Crippen molar-refractivity contribution in [2.75, 3.05) is 12.9 Å². The fourth-order valence-corrected chi connectivity index (χ4v) is 2.84. The van der Waals surface area contributed by atoms with Crippen LogP contribution < -0.4 is 4.74 Å². The second kappa shape index (κ2) is 8.66. The Morgan fingerprint density at radius 2 is 2.18 bits per heavy atom. The number of thioether (sulfide) groups is 1. The van der Waals surface area contributed by atoms with E-state index in [1.807, 2.05) is 24.3 Å². The molecule has 1 heterocycles. The Morgan fingerprint density at radius 1 is 1.32 bits per heavy atom. The molecular weight excluding hydrogens is 322 g/mol. The average molecular weight is 338 g/mol. The molecule has 1 aromatic carbocycles. The van der Waals surface area contributed by atoms with Gasteiger partial charge >= 0.3 is 5.97 Å². The lowest BCUT2D eigenvalue weighted by molar-refractivity contribution is -0.144. The summed E-state index contributed by atoms with van der Waals surface area (Å²) in [6.07, 6.45) is 3.60. The van der Waals surface area contributed by atoms with E-state index in [2.05, 4.69) is 4.98 Å². The molecule has 4 nitrogen and oxygen atoms in total. The van der Waals surface area contributed by atoms with Gasteiger partial charge in [-0.1, -0.05) is 17.7 Å². The predicted octanol–water partition coefficient (Wildman–Crippen LogP) is 3.97. The molecule has 0 atom stereocenters. The molecule has 2 aromatic rings. The number of pyridine rings is 1. The van der Waals surface area contributed by atoms with Crippen LogP contribution in [0.1, 0.15) is 12.0 Å². The topological polar surface area (TPSA) is 48.4 Å². The van der Waals surface area contributed by atoms with Crippen molar-refractivity contribution in [1.82, 2.24) is 4.98 Å². The maximum atomic E-state index is 11.7. The van der Waals surface area contributed by atoms with Crippen LogP contribution in [-0.4, -0.2) is 23.8 Å². The summed E-state index contributed by atoms with van der Waals surface area (Å²) in [4.78, 5) is 16.8. The van der Waals surface area contributed by atoms with Crippen molar-refractivity contribution in [2.24, 2.45) is 0 Å². The van der Waals surface area contributed by atoms with Crippen molar-refractivity contribution < 1.29 is 14.3 Å². The number of nitrogens with zero attached hydrogens (tertiary/aromatic N) is 1. The van der Waals surface area contributed by atoms with Gasteiger partial charge in [0.05, 0.1) is 19.7 Å². The van der Waals surface area contributed by atoms with Crippen molar-refractivity contribution in [3.8, 4) is 5.75 Å². The molecule has 22 heavy (non-hydrogen) atoms. The van der Waals surface area contributed by atoms with Gasteiger partial charge in [-0.05, 0) is 24.3 Å². The average Bonchev–Trinajstić information content (AvgIpc) is 2.53. The molecule has 0 saturated carbocycles. The third-order valence-electron chi connectivity index (χ3n) is 2.78. The van der Waals surface area contributed by atoms with E-state index < -0.39 is 0 Å². The normalized spacial score (nSPS) is 10.3. The SMILES string of the molecule is COc1cncc(COC(=O)CCSc2cccc(Cl)c2)c1. The number of methoxy groups -OCH3 is 1. The van der Waals surface area contributed by atoms with Crippen molar-refractivity contribution >= 4 is 29.3 Å². The molecule has 0 amide bonds. The van der Waals surface area contributed by atoms with Gasteiger partial charge in [-0.25, -0.2) is 0 Å². The molecule has 0 aliphatic rings. The van der Waals surface area contributed by atoms with Crippen LogP contribution in [0.4, 0.5) is 0 Å². The number of hydrogen-bond acceptors (Lipinski definition) is 5. The highest BCUT2D eigenvalue weighted by molar-refractivity contribution is 7.99. The molecule has 6 heteroatoms. The van der Waals surface area contributed by atoms with Gasteiger partial charge in [0.1, 0.15) is 12.4 Å². The highest BCUT2D eigenvalue weighted by Crippen LogP contribution is 2.22. The smallest absolute Gasteiger partial charge is 0.306 e. The van der Waals surface area contributed by atoms with E-state index in [4.69, 9.17) is 21.1 Å². The van der Waals surface area contributed by atoms with Gasteiger partial charge in [-0.2, -0.15) is 0 Å². The summed E-state index contributed by atoms with van der Waals surface area (Å²) in [5, 5.41) is 0.693. The largest absolute Gasteiger partial charge is 0.495 e. The second-order valence-corrected chi connectivity index (χ2v) is 6.05. The zero-order valence-corrected chi connectivity index (χ0v) is 13.7. The lowest BCUT2D eigenvalue weighted by Gasteiger charge is -2.06. The van der Waals surface area contributed by atoms with Crippen LogP contribution in [0.15, 0.2) is 47.6 Å². The van der Waals surface area contributed by atoms with Crippen molar-refractivity contribution in [1.29, 1.82) is 0 Å². The van der Waals surface area contributed by atoms with Crippen LogP contribution >= 0.6 is 23.4 Å². The second-order valence-electron chi connectivity index (χ2n) is 4.45. The van der Waals surface area contributed by atoms with Crippen LogP contribution in [-0.2, 0) is 16.1 Å². The quantitative estimate of drug-likeness (QED) is 0.565. The molecule has 0 radical (unpaired) electrons.